The Kier molecular flexibility index (Phi) is 2.94. The summed E-state index contributed by atoms with van der Waals surface area (Å²) in [7, 11) is -1.84. The van der Waals surface area contributed by atoms with Gasteiger partial charge in [-0.25, -0.2) is 0 Å². The van der Waals surface area contributed by atoms with Crippen molar-refractivity contribution in [1.82, 2.24) is 0 Å². The van der Waals surface area contributed by atoms with E-state index in [0.29, 0.717) is 0 Å². The van der Waals surface area contributed by atoms with Gasteiger partial charge in [0.2, 0.25) is 0 Å². The maximum Gasteiger partial charge on any atom is 0.137 e. The number of hydrogen-bond donors (Lipinski definition) is 0. The molecule has 1 aromatic rings. The zero-order valence-electron chi connectivity index (χ0n) is 10.1. The van der Waals surface area contributed by atoms with Gasteiger partial charge in [0.15, 0.2) is 0 Å². The van der Waals surface area contributed by atoms with E-state index >= 15 is 0 Å². The molecule has 1 heterocycles. The third-order valence-corrected chi connectivity index (χ3v) is 4.64. The molecule has 1 unspecified atom stereocenters. The van der Waals surface area contributed by atoms with Gasteiger partial charge in [0, 0.05) is 11.2 Å². The van der Waals surface area contributed by atoms with E-state index in [2.05, 4.69) is 13.8 Å². The molecule has 16 heavy (non-hydrogen) atoms. The summed E-state index contributed by atoms with van der Waals surface area (Å²) >= 11 is 0. The van der Waals surface area contributed by atoms with Gasteiger partial charge >= 0.3 is 0 Å². The van der Waals surface area contributed by atoms with Gasteiger partial charge in [-0.1, -0.05) is 25.5 Å². The van der Waals surface area contributed by atoms with E-state index in [-0.39, 0.29) is 5.92 Å². The second kappa shape index (κ2) is 4.10. The van der Waals surface area contributed by atoms with Gasteiger partial charge in [-0.05, 0) is 26.0 Å². The molecule has 0 amide bonds. The van der Waals surface area contributed by atoms with Crippen LogP contribution in [0.2, 0.25) is 0 Å². The normalized spacial score (nSPS) is 19.7. The van der Waals surface area contributed by atoms with Crippen molar-refractivity contribution in [2.45, 2.75) is 27.7 Å². The van der Waals surface area contributed by atoms with Crippen molar-refractivity contribution in [3.8, 4) is 5.75 Å². The molecule has 0 radical (unpaired) electrons. The SMILES string of the molecule is CC1=C(C(C)C)Oc2ccc(C)cc2[PH]1=O. The highest BCUT2D eigenvalue weighted by molar-refractivity contribution is 7.58. The van der Waals surface area contributed by atoms with Crippen molar-refractivity contribution < 1.29 is 9.30 Å². The molecule has 0 saturated carbocycles. The van der Waals surface area contributed by atoms with Crippen molar-refractivity contribution in [3.63, 3.8) is 0 Å². The Balaban J connectivity index is 2.54. The summed E-state index contributed by atoms with van der Waals surface area (Å²) in [5, 5.41) is 1.78. The van der Waals surface area contributed by atoms with Crippen LogP contribution >= 0.6 is 7.80 Å². The highest BCUT2D eigenvalue weighted by Gasteiger charge is 2.24. The molecule has 0 aromatic heterocycles. The predicted molar refractivity (Wildman–Crippen MR) is 68.0 cm³/mol. The lowest BCUT2D eigenvalue weighted by atomic mass is 10.1. The fourth-order valence-electron chi connectivity index (χ4n) is 1.97. The first kappa shape index (κ1) is 11.5. The lowest BCUT2D eigenvalue weighted by molar-refractivity contribution is 0.364. The van der Waals surface area contributed by atoms with Gasteiger partial charge in [0.25, 0.3) is 0 Å². The van der Waals surface area contributed by atoms with Gasteiger partial charge in [-0.3, -0.25) is 0 Å². The van der Waals surface area contributed by atoms with Crippen molar-refractivity contribution in [1.29, 1.82) is 0 Å². The van der Waals surface area contributed by atoms with Crippen molar-refractivity contribution >= 4 is 13.1 Å². The van der Waals surface area contributed by atoms with Crippen molar-refractivity contribution in [2.75, 3.05) is 0 Å². The Morgan fingerprint density at radius 2 is 1.94 bits per heavy atom. The van der Waals surface area contributed by atoms with Crippen LogP contribution in [0.5, 0.6) is 5.75 Å². The fourth-order valence-corrected chi connectivity index (χ4v) is 3.65. The van der Waals surface area contributed by atoms with Crippen molar-refractivity contribution in [3.05, 3.63) is 34.8 Å². The lowest BCUT2D eigenvalue weighted by Gasteiger charge is -2.24. The molecule has 86 valence electrons. The first-order valence-corrected chi connectivity index (χ1v) is 6.95. The quantitative estimate of drug-likeness (QED) is 0.698. The van der Waals surface area contributed by atoms with Crippen LogP contribution in [-0.2, 0) is 4.57 Å². The molecule has 2 nitrogen and oxygen atoms in total. The topological polar surface area (TPSA) is 26.3 Å². The van der Waals surface area contributed by atoms with Crippen LogP contribution < -0.4 is 10.0 Å². The Labute approximate surface area is 97.1 Å². The van der Waals surface area contributed by atoms with Crippen LogP contribution in [0.3, 0.4) is 0 Å². The largest absolute Gasteiger partial charge is 0.460 e. The molecule has 0 bridgehead atoms. The average molecular weight is 236 g/mol. The molecular formula is C13H17O2P. The molecule has 0 aliphatic carbocycles. The smallest absolute Gasteiger partial charge is 0.137 e. The molecule has 1 aromatic carbocycles. The summed E-state index contributed by atoms with van der Waals surface area (Å²) in [4.78, 5) is 0. The zero-order chi connectivity index (χ0) is 11.9. The summed E-state index contributed by atoms with van der Waals surface area (Å²) in [6.45, 7) is 8.05. The van der Waals surface area contributed by atoms with Crippen LogP contribution in [0.25, 0.3) is 0 Å². The molecule has 1 aliphatic heterocycles. The van der Waals surface area contributed by atoms with E-state index in [1.807, 2.05) is 32.0 Å². The molecule has 2 rings (SSSR count). The standard InChI is InChI=1S/C13H17O2P/c1-8(2)13-10(4)16(14)12-7-9(3)5-6-11(12)15-13/h5-8,16H,1-4H3. The third-order valence-electron chi connectivity index (χ3n) is 2.83. The Morgan fingerprint density at radius 3 is 2.56 bits per heavy atom. The molecule has 0 saturated heterocycles. The molecule has 1 atom stereocenters. The number of hydrogen-bond acceptors (Lipinski definition) is 2. The molecular weight excluding hydrogens is 219 g/mol. The minimum absolute atomic E-state index is 0.281. The zero-order valence-corrected chi connectivity index (χ0v) is 11.1. The summed E-state index contributed by atoms with van der Waals surface area (Å²) in [6.07, 6.45) is 0. The van der Waals surface area contributed by atoms with Crippen LogP contribution in [0.4, 0.5) is 0 Å². The van der Waals surface area contributed by atoms with Gasteiger partial charge in [0.05, 0.1) is 5.30 Å². The van der Waals surface area contributed by atoms with Crippen molar-refractivity contribution in [2.24, 2.45) is 5.92 Å². The van der Waals surface area contributed by atoms with Crippen LogP contribution in [0.1, 0.15) is 26.3 Å². The maximum atomic E-state index is 12.3. The number of rotatable bonds is 1. The van der Waals surface area contributed by atoms with Crippen LogP contribution in [-0.4, -0.2) is 0 Å². The minimum Gasteiger partial charge on any atom is -0.460 e. The Hall–Kier alpha value is -1.01. The predicted octanol–water partition coefficient (Wildman–Crippen LogP) is 3.46. The molecule has 0 spiro atoms. The number of benzene rings is 1. The molecule has 3 heteroatoms. The van der Waals surface area contributed by atoms with Crippen LogP contribution in [0.15, 0.2) is 29.3 Å². The average Bonchev–Trinajstić information content (AvgIpc) is 2.23. The second-order valence-corrected chi connectivity index (χ2v) is 6.52. The van der Waals surface area contributed by atoms with Gasteiger partial charge in [-0.2, -0.15) is 0 Å². The Morgan fingerprint density at radius 1 is 1.25 bits per heavy atom. The second-order valence-electron chi connectivity index (χ2n) is 4.57. The van der Waals surface area contributed by atoms with E-state index in [1.54, 1.807) is 0 Å². The Bertz CT molecular complexity index is 487. The van der Waals surface area contributed by atoms with Gasteiger partial charge < -0.3 is 9.30 Å². The summed E-state index contributed by atoms with van der Waals surface area (Å²) in [6, 6.07) is 5.88. The molecule has 0 fully saturated rings. The lowest BCUT2D eigenvalue weighted by Crippen LogP contribution is -2.16. The highest BCUT2D eigenvalue weighted by Crippen LogP contribution is 2.43. The summed E-state index contributed by atoms with van der Waals surface area (Å²) < 4.78 is 18.2. The number of allylic oxidation sites excluding steroid dienone is 2. The van der Waals surface area contributed by atoms with Gasteiger partial charge in [-0.15, -0.1) is 0 Å². The first-order chi connectivity index (χ1) is 7.50. The molecule has 1 aliphatic rings. The number of ether oxygens (including phenoxy) is 1. The van der Waals surface area contributed by atoms with E-state index in [9.17, 15) is 4.57 Å². The maximum absolute atomic E-state index is 12.3. The highest BCUT2D eigenvalue weighted by atomic mass is 31.1. The third kappa shape index (κ3) is 1.82. The first-order valence-electron chi connectivity index (χ1n) is 5.54. The number of aryl methyl sites for hydroxylation is 1. The van der Waals surface area contributed by atoms with E-state index in [4.69, 9.17) is 4.74 Å². The van der Waals surface area contributed by atoms with Crippen LogP contribution in [0, 0.1) is 12.8 Å². The fraction of sp³-hybridized carbons (Fsp3) is 0.385. The number of fused-ring (bicyclic) bond motifs is 1. The minimum atomic E-state index is -1.84. The summed E-state index contributed by atoms with van der Waals surface area (Å²) in [5.74, 6) is 1.92. The van der Waals surface area contributed by atoms with Gasteiger partial charge in [0.1, 0.15) is 19.3 Å². The summed E-state index contributed by atoms with van der Waals surface area (Å²) in [5.41, 5.74) is 1.13. The van der Waals surface area contributed by atoms with E-state index < -0.39 is 7.80 Å². The molecule has 0 N–H and O–H groups in total. The van der Waals surface area contributed by atoms with E-state index in [0.717, 1.165) is 27.7 Å². The monoisotopic (exact) mass is 236 g/mol. The van der Waals surface area contributed by atoms with E-state index in [1.165, 1.54) is 0 Å².